The van der Waals surface area contributed by atoms with Crippen LogP contribution in [0.25, 0.3) is 0 Å². The van der Waals surface area contributed by atoms with Gasteiger partial charge >= 0.3 is 0 Å². The predicted molar refractivity (Wildman–Crippen MR) is 74.2 cm³/mol. The van der Waals surface area contributed by atoms with E-state index < -0.39 is 0 Å². The quantitative estimate of drug-likeness (QED) is 0.729. The summed E-state index contributed by atoms with van der Waals surface area (Å²) >= 11 is 3.43. The maximum absolute atomic E-state index is 12.5. The fraction of sp³-hybridized carbons (Fsp3) is 0.533. The molecule has 0 heterocycles. The molecule has 2 rings (SSSR count). The second kappa shape index (κ2) is 5.81. The Bertz CT molecular complexity index is 400. The maximum atomic E-state index is 12.5. The fourth-order valence-electron chi connectivity index (χ4n) is 2.90. The molecule has 0 amide bonds. The molecule has 0 spiro atoms. The third-order valence-electron chi connectivity index (χ3n) is 3.88. The lowest BCUT2D eigenvalue weighted by Crippen LogP contribution is -2.26. The average molecular weight is 295 g/mol. The van der Waals surface area contributed by atoms with Crippen molar-refractivity contribution in [3.8, 4) is 0 Å². The zero-order chi connectivity index (χ0) is 12.3. The molecule has 2 unspecified atom stereocenters. The number of hydrogen-bond donors (Lipinski definition) is 0. The van der Waals surface area contributed by atoms with E-state index in [1.165, 1.54) is 19.3 Å². The predicted octanol–water partition coefficient (Wildman–Crippen LogP) is 4.85. The summed E-state index contributed by atoms with van der Waals surface area (Å²) in [6.07, 6.45) is 5.93. The molecule has 17 heavy (non-hydrogen) atoms. The minimum atomic E-state index is 0.253. The highest BCUT2D eigenvalue weighted by Crippen LogP contribution is 2.34. The summed E-state index contributed by atoms with van der Waals surface area (Å²) in [5, 5.41) is 0. The molecule has 1 aliphatic rings. The van der Waals surface area contributed by atoms with Crippen molar-refractivity contribution in [2.24, 2.45) is 11.8 Å². The highest BCUT2D eigenvalue weighted by atomic mass is 79.9. The normalized spacial score (nSPS) is 24.6. The van der Waals surface area contributed by atoms with Crippen LogP contribution >= 0.6 is 15.9 Å². The first kappa shape index (κ1) is 12.8. The first-order valence-electron chi connectivity index (χ1n) is 6.52. The molecular weight excluding hydrogens is 276 g/mol. The van der Waals surface area contributed by atoms with Gasteiger partial charge in [-0.05, 0) is 30.9 Å². The summed E-state index contributed by atoms with van der Waals surface area (Å²) in [4.78, 5) is 12.5. The van der Waals surface area contributed by atoms with Crippen LogP contribution in [0.4, 0.5) is 0 Å². The van der Waals surface area contributed by atoms with Crippen LogP contribution in [0.1, 0.15) is 49.4 Å². The molecule has 1 aromatic rings. The lowest BCUT2D eigenvalue weighted by atomic mass is 9.74. The number of benzene rings is 1. The first-order valence-corrected chi connectivity index (χ1v) is 7.31. The van der Waals surface area contributed by atoms with Gasteiger partial charge in [-0.2, -0.15) is 0 Å². The van der Waals surface area contributed by atoms with Crippen molar-refractivity contribution in [2.75, 3.05) is 0 Å². The van der Waals surface area contributed by atoms with Crippen molar-refractivity contribution in [1.29, 1.82) is 0 Å². The van der Waals surface area contributed by atoms with E-state index in [1.807, 2.05) is 24.3 Å². The molecule has 0 bridgehead atoms. The molecule has 0 saturated heterocycles. The third kappa shape index (κ3) is 2.98. The van der Waals surface area contributed by atoms with Crippen LogP contribution in [-0.4, -0.2) is 5.78 Å². The minimum absolute atomic E-state index is 0.253. The molecule has 2 heteroatoms. The van der Waals surface area contributed by atoms with Crippen LogP contribution in [-0.2, 0) is 0 Å². The van der Waals surface area contributed by atoms with Crippen LogP contribution in [0.2, 0.25) is 0 Å². The molecule has 0 N–H and O–H groups in total. The van der Waals surface area contributed by atoms with Crippen LogP contribution in [0, 0.1) is 11.8 Å². The van der Waals surface area contributed by atoms with Crippen molar-refractivity contribution >= 4 is 21.7 Å². The number of halogens is 1. The van der Waals surface area contributed by atoms with E-state index >= 15 is 0 Å². The summed E-state index contributed by atoms with van der Waals surface area (Å²) in [6, 6.07) is 7.80. The van der Waals surface area contributed by atoms with E-state index in [0.29, 0.717) is 11.7 Å². The van der Waals surface area contributed by atoms with E-state index in [0.717, 1.165) is 22.9 Å². The summed E-state index contributed by atoms with van der Waals surface area (Å²) < 4.78 is 0.993. The van der Waals surface area contributed by atoms with Gasteiger partial charge in [-0.25, -0.2) is 0 Å². The standard InChI is InChI=1S/C15H19BrO/c1-2-11-6-3-4-9-14(11)15(17)12-7-5-8-13(16)10-12/h5,7-8,10-11,14H,2-4,6,9H2,1H3. The van der Waals surface area contributed by atoms with E-state index in [1.54, 1.807) is 0 Å². The number of rotatable bonds is 3. The van der Waals surface area contributed by atoms with Crippen LogP contribution < -0.4 is 0 Å². The largest absolute Gasteiger partial charge is 0.294 e. The fourth-order valence-corrected chi connectivity index (χ4v) is 3.30. The molecule has 1 saturated carbocycles. The van der Waals surface area contributed by atoms with E-state index in [9.17, 15) is 4.79 Å². The zero-order valence-corrected chi connectivity index (χ0v) is 11.9. The SMILES string of the molecule is CCC1CCCCC1C(=O)c1cccc(Br)c1. The van der Waals surface area contributed by atoms with E-state index in [4.69, 9.17) is 0 Å². The summed E-state index contributed by atoms with van der Waals surface area (Å²) in [7, 11) is 0. The van der Waals surface area contributed by atoms with E-state index in [2.05, 4.69) is 22.9 Å². The Hall–Kier alpha value is -0.630. The maximum Gasteiger partial charge on any atom is 0.166 e. The number of hydrogen-bond acceptors (Lipinski definition) is 1. The van der Waals surface area contributed by atoms with E-state index in [-0.39, 0.29) is 5.92 Å². The number of carbonyl (C=O) groups is 1. The van der Waals surface area contributed by atoms with Gasteiger partial charge in [-0.1, -0.05) is 54.2 Å². The smallest absolute Gasteiger partial charge is 0.166 e. The molecule has 1 aromatic carbocycles. The van der Waals surface area contributed by atoms with Gasteiger partial charge in [0, 0.05) is 16.0 Å². The van der Waals surface area contributed by atoms with Crippen LogP contribution in [0.3, 0.4) is 0 Å². The van der Waals surface area contributed by atoms with Gasteiger partial charge in [0.1, 0.15) is 0 Å². The van der Waals surface area contributed by atoms with Crippen molar-refractivity contribution in [3.05, 3.63) is 34.3 Å². The number of ketones is 1. The number of Topliss-reactive ketones (excluding diaryl/α,β-unsaturated/α-hetero) is 1. The third-order valence-corrected chi connectivity index (χ3v) is 4.37. The lowest BCUT2D eigenvalue weighted by Gasteiger charge is -2.29. The highest BCUT2D eigenvalue weighted by molar-refractivity contribution is 9.10. The average Bonchev–Trinajstić information content (AvgIpc) is 2.38. The molecule has 92 valence electrons. The minimum Gasteiger partial charge on any atom is -0.294 e. The van der Waals surface area contributed by atoms with Crippen LogP contribution in [0.15, 0.2) is 28.7 Å². The Kier molecular flexibility index (Phi) is 4.38. The summed E-state index contributed by atoms with van der Waals surface area (Å²) in [5.41, 5.74) is 0.865. The number of carbonyl (C=O) groups excluding carboxylic acids is 1. The highest BCUT2D eigenvalue weighted by Gasteiger charge is 2.30. The molecule has 0 aliphatic heterocycles. The van der Waals surface area contributed by atoms with Gasteiger partial charge in [0.25, 0.3) is 0 Å². The molecule has 0 radical (unpaired) electrons. The molecule has 1 nitrogen and oxygen atoms in total. The van der Waals surface area contributed by atoms with Gasteiger partial charge in [0.2, 0.25) is 0 Å². The second-order valence-corrected chi connectivity index (χ2v) is 5.85. The molecular formula is C15H19BrO. The summed E-state index contributed by atoms with van der Waals surface area (Å²) in [5.74, 6) is 1.19. The Balaban J connectivity index is 2.18. The topological polar surface area (TPSA) is 17.1 Å². The Morgan fingerprint density at radius 2 is 2.12 bits per heavy atom. The lowest BCUT2D eigenvalue weighted by molar-refractivity contribution is 0.0820. The van der Waals surface area contributed by atoms with Gasteiger partial charge in [0.15, 0.2) is 5.78 Å². The molecule has 1 aliphatic carbocycles. The molecule has 0 aromatic heterocycles. The Labute approximate surface area is 112 Å². The second-order valence-electron chi connectivity index (χ2n) is 4.93. The van der Waals surface area contributed by atoms with Gasteiger partial charge in [0.05, 0.1) is 0 Å². The Morgan fingerprint density at radius 3 is 2.82 bits per heavy atom. The van der Waals surface area contributed by atoms with Crippen LogP contribution in [0.5, 0.6) is 0 Å². The van der Waals surface area contributed by atoms with Gasteiger partial charge < -0.3 is 0 Å². The molecule has 1 fully saturated rings. The summed E-state index contributed by atoms with van der Waals surface area (Å²) in [6.45, 7) is 2.21. The molecule has 2 atom stereocenters. The van der Waals surface area contributed by atoms with Gasteiger partial charge in [-0.15, -0.1) is 0 Å². The first-order chi connectivity index (χ1) is 8.22. The van der Waals surface area contributed by atoms with Crippen molar-refractivity contribution in [2.45, 2.75) is 39.0 Å². The monoisotopic (exact) mass is 294 g/mol. The Morgan fingerprint density at radius 1 is 1.35 bits per heavy atom. The van der Waals surface area contributed by atoms with Crippen molar-refractivity contribution < 1.29 is 4.79 Å². The van der Waals surface area contributed by atoms with Crippen molar-refractivity contribution in [1.82, 2.24) is 0 Å². The van der Waals surface area contributed by atoms with Crippen molar-refractivity contribution in [3.63, 3.8) is 0 Å². The van der Waals surface area contributed by atoms with Gasteiger partial charge in [-0.3, -0.25) is 4.79 Å². The zero-order valence-electron chi connectivity index (χ0n) is 10.3.